The summed E-state index contributed by atoms with van der Waals surface area (Å²) >= 11 is 0. The van der Waals surface area contributed by atoms with Gasteiger partial charge in [0.15, 0.2) is 0 Å². The summed E-state index contributed by atoms with van der Waals surface area (Å²) in [6.45, 7) is 2.30. The molecule has 1 aliphatic rings. The summed E-state index contributed by atoms with van der Waals surface area (Å²) in [6.07, 6.45) is 1.39. The predicted octanol–water partition coefficient (Wildman–Crippen LogP) is 0.887. The average Bonchev–Trinajstić information content (AvgIpc) is 2.14. The summed E-state index contributed by atoms with van der Waals surface area (Å²) < 4.78 is 17.0. The minimum Gasteiger partial charge on any atom is -0.368 e. The van der Waals surface area contributed by atoms with Crippen LogP contribution < -0.4 is 5.32 Å². The van der Waals surface area contributed by atoms with Gasteiger partial charge < -0.3 is 10.1 Å². The number of alkyl halides is 1. The molecule has 2 atom stereocenters. The van der Waals surface area contributed by atoms with Crippen molar-refractivity contribution in [3.8, 4) is 0 Å². The molecule has 0 saturated carbocycles. The summed E-state index contributed by atoms with van der Waals surface area (Å²) in [6, 6.07) is 0. The van der Waals surface area contributed by atoms with Gasteiger partial charge in [-0.2, -0.15) is 0 Å². The number of hydrogen-bond donors (Lipinski definition) is 1. The lowest BCUT2D eigenvalue weighted by Crippen LogP contribution is -2.40. The number of ether oxygens (including phenoxy) is 1. The van der Waals surface area contributed by atoms with Crippen molar-refractivity contribution in [1.29, 1.82) is 0 Å². The first-order valence-electron chi connectivity index (χ1n) is 4.69. The Kier molecular flexibility index (Phi) is 4.15. The van der Waals surface area contributed by atoms with Crippen molar-refractivity contribution >= 4 is 5.91 Å². The fourth-order valence-corrected chi connectivity index (χ4v) is 1.43. The lowest BCUT2D eigenvalue weighted by molar-refractivity contribution is -0.137. The predicted molar refractivity (Wildman–Crippen MR) is 47.1 cm³/mol. The minimum absolute atomic E-state index is 0.0904. The molecule has 1 saturated heterocycles. The number of carbonyl (C=O) groups excluding carboxylic acids is 1. The molecule has 13 heavy (non-hydrogen) atoms. The second-order valence-corrected chi connectivity index (χ2v) is 3.47. The summed E-state index contributed by atoms with van der Waals surface area (Å²) in [5, 5.41) is 2.48. The third-order valence-electron chi connectivity index (χ3n) is 2.23. The molecule has 1 heterocycles. The maximum Gasteiger partial charge on any atom is 0.249 e. The van der Waals surface area contributed by atoms with Crippen LogP contribution in [0.2, 0.25) is 0 Å². The summed E-state index contributed by atoms with van der Waals surface area (Å²) in [5.74, 6) is 0.346. The molecule has 0 bridgehead atoms. The third kappa shape index (κ3) is 3.30. The van der Waals surface area contributed by atoms with E-state index >= 15 is 0 Å². The van der Waals surface area contributed by atoms with Crippen LogP contribution in [0.15, 0.2) is 0 Å². The van der Waals surface area contributed by atoms with Gasteiger partial charge in [0, 0.05) is 13.2 Å². The molecular weight excluding hydrogens is 173 g/mol. The molecule has 1 fully saturated rings. The lowest BCUT2D eigenvalue weighted by Gasteiger charge is -2.26. The number of amides is 1. The molecule has 1 N–H and O–H groups in total. The van der Waals surface area contributed by atoms with Gasteiger partial charge in [-0.3, -0.25) is 4.79 Å². The highest BCUT2D eigenvalue weighted by Gasteiger charge is 2.25. The average molecular weight is 189 g/mol. The fourth-order valence-electron chi connectivity index (χ4n) is 1.43. The quantitative estimate of drug-likeness (QED) is 0.716. The zero-order valence-corrected chi connectivity index (χ0v) is 7.88. The first-order chi connectivity index (χ1) is 6.24. The van der Waals surface area contributed by atoms with E-state index < -0.39 is 6.67 Å². The van der Waals surface area contributed by atoms with Crippen LogP contribution in [0.5, 0.6) is 0 Å². The Labute approximate surface area is 77.6 Å². The zero-order valence-electron chi connectivity index (χ0n) is 7.88. The Hall–Kier alpha value is -0.640. The number of halogens is 1. The van der Waals surface area contributed by atoms with Crippen LogP contribution in [0, 0.1) is 5.92 Å². The van der Waals surface area contributed by atoms with Crippen LogP contribution >= 0.6 is 0 Å². The van der Waals surface area contributed by atoms with Crippen molar-refractivity contribution in [2.45, 2.75) is 25.9 Å². The molecule has 4 heteroatoms. The van der Waals surface area contributed by atoms with Gasteiger partial charge in [-0.1, -0.05) is 6.92 Å². The molecule has 0 aliphatic carbocycles. The topological polar surface area (TPSA) is 38.3 Å². The van der Waals surface area contributed by atoms with E-state index in [1.807, 2.05) is 0 Å². The van der Waals surface area contributed by atoms with Crippen molar-refractivity contribution in [3.05, 3.63) is 0 Å². The SMILES string of the molecule is C[C@H]1CCO[C@H](C(=O)NCCF)C1. The molecule has 0 spiro atoms. The van der Waals surface area contributed by atoms with Crippen LogP contribution in [-0.2, 0) is 9.53 Å². The molecule has 0 radical (unpaired) electrons. The Morgan fingerprint density at radius 3 is 3.08 bits per heavy atom. The molecule has 0 aromatic heterocycles. The van der Waals surface area contributed by atoms with Gasteiger partial charge in [0.1, 0.15) is 12.8 Å². The van der Waals surface area contributed by atoms with Gasteiger partial charge in [-0.25, -0.2) is 4.39 Å². The van der Waals surface area contributed by atoms with Crippen LogP contribution in [0.4, 0.5) is 4.39 Å². The van der Waals surface area contributed by atoms with Crippen molar-refractivity contribution in [2.75, 3.05) is 19.8 Å². The molecule has 1 aliphatic heterocycles. The molecule has 3 nitrogen and oxygen atoms in total. The van der Waals surface area contributed by atoms with E-state index in [0.29, 0.717) is 12.5 Å². The van der Waals surface area contributed by atoms with E-state index in [1.165, 1.54) is 0 Å². The molecule has 0 unspecified atom stereocenters. The third-order valence-corrected chi connectivity index (χ3v) is 2.23. The van der Waals surface area contributed by atoms with E-state index in [0.717, 1.165) is 12.8 Å². The Bertz CT molecular complexity index is 175. The standard InChI is InChI=1S/C9H16FNO2/c1-7-2-5-13-8(6-7)9(12)11-4-3-10/h7-8H,2-6H2,1H3,(H,11,12)/t7-,8-/m0/s1. The second kappa shape index (κ2) is 5.17. The van der Waals surface area contributed by atoms with Gasteiger partial charge in [0.25, 0.3) is 0 Å². The molecular formula is C9H16FNO2. The summed E-state index contributed by atoms with van der Waals surface area (Å²) in [5.41, 5.74) is 0. The highest BCUT2D eigenvalue weighted by atomic mass is 19.1. The Morgan fingerprint density at radius 2 is 2.46 bits per heavy atom. The van der Waals surface area contributed by atoms with Gasteiger partial charge in [-0.05, 0) is 18.8 Å². The molecule has 0 aromatic rings. The summed E-state index contributed by atoms with van der Waals surface area (Å²) in [4.78, 5) is 11.3. The highest BCUT2D eigenvalue weighted by Crippen LogP contribution is 2.19. The Balaban J connectivity index is 2.28. The second-order valence-electron chi connectivity index (χ2n) is 3.47. The van der Waals surface area contributed by atoms with Crippen molar-refractivity contribution in [1.82, 2.24) is 5.32 Å². The fraction of sp³-hybridized carbons (Fsp3) is 0.889. The number of carbonyl (C=O) groups is 1. The highest BCUT2D eigenvalue weighted by molar-refractivity contribution is 5.80. The monoisotopic (exact) mass is 189 g/mol. The largest absolute Gasteiger partial charge is 0.368 e. The Morgan fingerprint density at radius 1 is 1.69 bits per heavy atom. The normalized spacial score (nSPS) is 28.5. The van der Waals surface area contributed by atoms with E-state index in [-0.39, 0.29) is 18.6 Å². The number of hydrogen-bond acceptors (Lipinski definition) is 2. The van der Waals surface area contributed by atoms with Gasteiger partial charge in [-0.15, -0.1) is 0 Å². The van der Waals surface area contributed by atoms with E-state index in [9.17, 15) is 9.18 Å². The van der Waals surface area contributed by atoms with Crippen LogP contribution in [-0.4, -0.2) is 31.8 Å². The van der Waals surface area contributed by atoms with Crippen molar-refractivity contribution in [2.24, 2.45) is 5.92 Å². The summed E-state index contributed by atoms with van der Waals surface area (Å²) in [7, 11) is 0. The maximum absolute atomic E-state index is 11.7. The number of nitrogens with one attached hydrogen (secondary N) is 1. The van der Waals surface area contributed by atoms with Crippen LogP contribution in [0.1, 0.15) is 19.8 Å². The smallest absolute Gasteiger partial charge is 0.249 e. The van der Waals surface area contributed by atoms with E-state index in [1.54, 1.807) is 0 Å². The van der Waals surface area contributed by atoms with E-state index in [2.05, 4.69) is 12.2 Å². The first-order valence-corrected chi connectivity index (χ1v) is 4.69. The van der Waals surface area contributed by atoms with Crippen molar-refractivity contribution < 1.29 is 13.9 Å². The minimum atomic E-state index is -0.520. The van der Waals surface area contributed by atoms with Crippen molar-refractivity contribution in [3.63, 3.8) is 0 Å². The maximum atomic E-state index is 11.7. The van der Waals surface area contributed by atoms with Gasteiger partial charge in [0.2, 0.25) is 5.91 Å². The van der Waals surface area contributed by atoms with Gasteiger partial charge >= 0.3 is 0 Å². The molecule has 1 rings (SSSR count). The number of rotatable bonds is 3. The lowest BCUT2D eigenvalue weighted by atomic mass is 9.97. The van der Waals surface area contributed by atoms with Crippen LogP contribution in [0.25, 0.3) is 0 Å². The van der Waals surface area contributed by atoms with E-state index in [4.69, 9.17) is 4.74 Å². The molecule has 76 valence electrons. The van der Waals surface area contributed by atoms with Gasteiger partial charge in [0.05, 0.1) is 0 Å². The first kappa shape index (κ1) is 10.4. The zero-order chi connectivity index (χ0) is 9.68. The molecule has 0 aromatic carbocycles. The van der Waals surface area contributed by atoms with Crippen LogP contribution in [0.3, 0.4) is 0 Å². The molecule has 1 amide bonds.